The average molecular weight is 773 g/mol. The number of esters is 2. The molecule has 0 bridgehead atoms. The van der Waals surface area contributed by atoms with Crippen LogP contribution in [0.4, 0.5) is 9.59 Å². The number of alkyl carbamates (subject to hydrolysis) is 1. The van der Waals surface area contributed by atoms with Gasteiger partial charge in [-0.15, -0.1) is 0 Å². The second-order valence-corrected chi connectivity index (χ2v) is 17.2. The molecule has 2 saturated carbocycles. The topological polar surface area (TPSA) is 120 Å². The predicted molar refractivity (Wildman–Crippen MR) is 185 cm³/mol. The first-order valence-electron chi connectivity index (χ1n) is 15.3. The third kappa shape index (κ3) is 18.4. The van der Waals surface area contributed by atoms with Gasteiger partial charge in [0, 0.05) is 17.2 Å². The highest BCUT2D eigenvalue weighted by molar-refractivity contribution is 9.09. The molecule has 45 heavy (non-hydrogen) atoms. The highest BCUT2D eigenvalue weighted by Crippen LogP contribution is 2.55. The van der Waals surface area contributed by atoms with E-state index in [0.717, 1.165) is 12.8 Å². The molecule has 3 aliphatic rings. The number of likely N-dealkylation sites (tertiary alicyclic amines) is 1. The molecule has 1 unspecified atom stereocenters. The summed E-state index contributed by atoms with van der Waals surface area (Å²) in [6.45, 7) is 22.0. The Labute approximate surface area is 289 Å². The zero-order chi connectivity index (χ0) is 34.4. The van der Waals surface area contributed by atoms with E-state index >= 15 is 0 Å². The van der Waals surface area contributed by atoms with E-state index in [9.17, 15) is 19.2 Å². The van der Waals surface area contributed by atoms with Gasteiger partial charge in [0.05, 0.1) is 0 Å². The summed E-state index contributed by atoms with van der Waals surface area (Å²) in [5.41, 5.74) is -1.44. The summed E-state index contributed by atoms with van der Waals surface area (Å²) < 4.78 is 20.9. The normalized spacial score (nSPS) is 19.3. The van der Waals surface area contributed by atoms with Crippen molar-refractivity contribution in [2.45, 2.75) is 151 Å². The molecule has 0 aromatic heterocycles. The predicted octanol–water partition coefficient (Wildman–Crippen LogP) is 8.16. The molecule has 10 nitrogen and oxygen atoms in total. The molecule has 2 amide bonds. The second-order valence-electron chi connectivity index (χ2n) is 16.1. The van der Waals surface area contributed by atoms with Gasteiger partial charge in [-0.2, -0.15) is 0 Å². The van der Waals surface area contributed by atoms with Crippen LogP contribution in [0.1, 0.15) is 123 Å². The van der Waals surface area contributed by atoms with Crippen molar-refractivity contribution in [3.05, 3.63) is 0 Å². The molecule has 12 heteroatoms. The summed E-state index contributed by atoms with van der Waals surface area (Å²) in [5.74, 6) is -0.810. The summed E-state index contributed by atoms with van der Waals surface area (Å²) in [7, 11) is 0. The molecule has 1 N–H and O–H groups in total. The Kier molecular flexibility index (Phi) is 15.9. The van der Waals surface area contributed by atoms with Gasteiger partial charge in [0.2, 0.25) is 0 Å². The van der Waals surface area contributed by atoms with Gasteiger partial charge in [-0.25, -0.2) is 14.4 Å². The van der Waals surface area contributed by atoms with Crippen LogP contribution in [0.15, 0.2) is 0 Å². The smallest absolute Gasteiger partial charge is 0.411 e. The number of amides is 2. The van der Waals surface area contributed by atoms with Crippen LogP contribution >= 0.6 is 31.9 Å². The first-order chi connectivity index (χ1) is 19.7. The maximum absolute atomic E-state index is 12.4. The summed E-state index contributed by atoms with van der Waals surface area (Å²) in [4.78, 5) is 48.7. The lowest BCUT2D eigenvalue weighted by molar-refractivity contribution is -0.160. The number of carbonyl (C=O) groups is 4. The maximum atomic E-state index is 12.4. The Bertz CT molecular complexity index is 926. The van der Waals surface area contributed by atoms with Gasteiger partial charge in [-0.05, 0) is 126 Å². The van der Waals surface area contributed by atoms with E-state index in [1.54, 1.807) is 46.4 Å². The molecular formula is C33H60Br2N2O8. The molecular weight excluding hydrogens is 712 g/mol. The van der Waals surface area contributed by atoms with Crippen LogP contribution in [0, 0.1) is 10.8 Å². The number of alkyl halides is 2. The fourth-order valence-corrected chi connectivity index (χ4v) is 6.05. The average Bonchev–Trinajstić information content (AvgIpc) is 3.71. The van der Waals surface area contributed by atoms with Gasteiger partial charge in [-0.3, -0.25) is 9.69 Å². The Morgan fingerprint density at radius 2 is 1.16 bits per heavy atom. The molecule has 2 aliphatic carbocycles. The molecule has 1 aliphatic heterocycles. The zero-order valence-electron chi connectivity index (χ0n) is 28.9. The van der Waals surface area contributed by atoms with Gasteiger partial charge < -0.3 is 24.3 Å². The van der Waals surface area contributed by atoms with Crippen molar-refractivity contribution < 1.29 is 38.1 Å². The van der Waals surface area contributed by atoms with Crippen molar-refractivity contribution in [3.8, 4) is 0 Å². The molecule has 3 fully saturated rings. The van der Waals surface area contributed by atoms with Crippen molar-refractivity contribution in [2.75, 3.05) is 23.7 Å². The maximum Gasteiger partial charge on any atom is 0.411 e. The Hall–Kier alpha value is -1.56. The highest BCUT2D eigenvalue weighted by atomic mass is 79.9. The largest absolute Gasteiger partial charge is 0.459 e. The van der Waals surface area contributed by atoms with E-state index in [1.807, 2.05) is 41.5 Å². The molecule has 264 valence electrons. The molecule has 1 spiro atoms. The molecule has 0 aromatic carbocycles. The van der Waals surface area contributed by atoms with Crippen molar-refractivity contribution in [1.29, 1.82) is 0 Å². The monoisotopic (exact) mass is 770 g/mol. The summed E-state index contributed by atoms with van der Waals surface area (Å²) in [6.07, 6.45) is 4.62. The minimum absolute atomic E-state index is 0. The third-order valence-electron chi connectivity index (χ3n) is 6.49. The molecule has 1 atom stereocenters. The fourth-order valence-electron chi connectivity index (χ4n) is 4.00. The number of hydrogen-bond acceptors (Lipinski definition) is 8. The minimum atomic E-state index is -0.627. The molecule has 0 radical (unpaired) electrons. The van der Waals surface area contributed by atoms with E-state index in [1.165, 1.54) is 23.5 Å². The SMILES string of the molecule is BrCC1(CBr)CC1.C.CC(C)(C)OC(=O)C1CC2(CC2)CN1C(=O)OC(C)(C)C.CC(C)(C)OC(=O)CNC(=O)OC(C)(C)C. The van der Waals surface area contributed by atoms with Gasteiger partial charge in [0.25, 0.3) is 0 Å². The van der Waals surface area contributed by atoms with Crippen LogP contribution in [-0.4, -0.2) is 81.2 Å². The lowest BCUT2D eigenvalue weighted by Gasteiger charge is -2.29. The van der Waals surface area contributed by atoms with Gasteiger partial charge in [-0.1, -0.05) is 39.3 Å². The Morgan fingerprint density at radius 1 is 0.711 bits per heavy atom. The van der Waals surface area contributed by atoms with Crippen LogP contribution in [0.2, 0.25) is 0 Å². The van der Waals surface area contributed by atoms with Crippen molar-refractivity contribution in [2.24, 2.45) is 10.8 Å². The Morgan fingerprint density at radius 3 is 1.49 bits per heavy atom. The standard InChI is InChI=1S/C16H27NO4.C11H21NO4.C5H8Br2.CH4/c1-14(2,3)20-12(18)11-9-16(7-8-16)10-17(11)13(19)21-15(4,5)6;1-10(2,3)15-8(13)7-12-9(14)16-11(4,5)6;6-3-5(4-7)1-2-5;/h11H,7-10H2,1-6H3;7H2,1-6H3,(H,12,14);1-4H2;1H4. The number of nitrogens with one attached hydrogen (secondary N) is 1. The van der Waals surface area contributed by atoms with E-state index in [0.29, 0.717) is 18.4 Å². The van der Waals surface area contributed by atoms with Gasteiger partial charge >= 0.3 is 24.1 Å². The van der Waals surface area contributed by atoms with E-state index in [-0.39, 0.29) is 25.4 Å². The van der Waals surface area contributed by atoms with E-state index in [2.05, 4.69) is 37.2 Å². The van der Waals surface area contributed by atoms with E-state index < -0.39 is 46.6 Å². The molecule has 0 aromatic rings. The van der Waals surface area contributed by atoms with Crippen LogP contribution in [0.3, 0.4) is 0 Å². The van der Waals surface area contributed by atoms with Crippen LogP contribution in [-0.2, 0) is 28.5 Å². The van der Waals surface area contributed by atoms with Crippen molar-refractivity contribution >= 4 is 56.0 Å². The summed E-state index contributed by atoms with van der Waals surface area (Å²) in [5, 5.41) is 4.67. The van der Waals surface area contributed by atoms with Gasteiger partial charge in [0.1, 0.15) is 35.0 Å². The molecule has 3 rings (SSSR count). The number of hydrogen-bond donors (Lipinski definition) is 1. The number of halogens is 2. The van der Waals surface area contributed by atoms with Crippen LogP contribution < -0.4 is 5.32 Å². The Balaban J connectivity index is 0.000000712. The summed E-state index contributed by atoms with van der Waals surface area (Å²) in [6, 6.07) is -0.512. The number of nitrogens with zero attached hydrogens (tertiary/aromatic N) is 1. The first kappa shape index (κ1) is 43.4. The third-order valence-corrected chi connectivity index (χ3v) is 8.87. The highest BCUT2D eigenvalue weighted by Gasteiger charge is 2.56. The lowest BCUT2D eigenvalue weighted by atomic mass is 10.0. The molecule has 1 saturated heterocycles. The van der Waals surface area contributed by atoms with Gasteiger partial charge in [0.15, 0.2) is 0 Å². The first-order valence-corrected chi connectivity index (χ1v) is 17.5. The number of rotatable bonds is 5. The molecule has 1 heterocycles. The zero-order valence-corrected chi connectivity index (χ0v) is 32.1. The van der Waals surface area contributed by atoms with Crippen LogP contribution in [0.25, 0.3) is 0 Å². The minimum Gasteiger partial charge on any atom is -0.459 e. The number of carbonyl (C=O) groups excluding carboxylic acids is 4. The second kappa shape index (κ2) is 16.5. The van der Waals surface area contributed by atoms with Crippen LogP contribution in [0.5, 0.6) is 0 Å². The van der Waals surface area contributed by atoms with Crippen molar-refractivity contribution in [1.82, 2.24) is 10.2 Å². The quantitative estimate of drug-likeness (QED) is 0.169. The van der Waals surface area contributed by atoms with Crippen molar-refractivity contribution in [3.63, 3.8) is 0 Å². The van der Waals surface area contributed by atoms with E-state index in [4.69, 9.17) is 18.9 Å². The fraction of sp³-hybridized carbons (Fsp3) is 0.879. The number of ether oxygens (including phenoxy) is 4. The summed E-state index contributed by atoms with van der Waals surface area (Å²) >= 11 is 6.93. The lowest BCUT2D eigenvalue weighted by Crippen LogP contribution is -2.45.